The van der Waals surface area contributed by atoms with Crippen molar-refractivity contribution in [3.8, 4) is 5.75 Å². The second-order valence-corrected chi connectivity index (χ2v) is 7.07. The lowest BCUT2D eigenvalue weighted by molar-refractivity contribution is -0.128. The van der Waals surface area contributed by atoms with Gasteiger partial charge in [-0.25, -0.2) is 4.98 Å². The molecule has 1 amide bonds. The zero-order valence-corrected chi connectivity index (χ0v) is 16.5. The van der Waals surface area contributed by atoms with Crippen LogP contribution < -0.4 is 4.74 Å². The fraction of sp³-hybridized carbons (Fsp3) is 0.364. The molecule has 0 saturated heterocycles. The standard InChI is InChI=1S/C22H27N3O2/c1-16-12-17(2)14-19(13-16)27-11-7-10-25-21-9-6-5-8-20(21)23-22(25)15-24(4)18(3)26/h5-6,8-9,12-14H,7,10-11,15H2,1-4H3. The second kappa shape index (κ2) is 8.25. The van der Waals surface area contributed by atoms with Crippen molar-refractivity contribution in [1.29, 1.82) is 0 Å². The number of ether oxygens (including phenoxy) is 1. The number of aromatic nitrogens is 2. The van der Waals surface area contributed by atoms with Gasteiger partial charge in [0.15, 0.2) is 0 Å². The number of hydrogen-bond acceptors (Lipinski definition) is 3. The van der Waals surface area contributed by atoms with E-state index in [0.717, 1.165) is 35.6 Å². The van der Waals surface area contributed by atoms with Gasteiger partial charge in [0.05, 0.1) is 24.2 Å². The zero-order valence-electron chi connectivity index (χ0n) is 16.5. The summed E-state index contributed by atoms with van der Waals surface area (Å²) in [6, 6.07) is 14.4. The highest BCUT2D eigenvalue weighted by molar-refractivity contribution is 5.76. The summed E-state index contributed by atoms with van der Waals surface area (Å²) in [5, 5.41) is 0. The minimum atomic E-state index is 0.0340. The highest BCUT2D eigenvalue weighted by Crippen LogP contribution is 2.19. The number of imidazole rings is 1. The Bertz CT molecular complexity index is 926. The summed E-state index contributed by atoms with van der Waals surface area (Å²) in [6.45, 7) is 7.67. The summed E-state index contributed by atoms with van der Waals surface area (Å²) in [4.78, 5) is 18.0. The molecule has 0 bridgehead atoms. The molecule has 0 spiro atoms. The van der Waals surface area contributed by atoms with E-state index in [9.17, 15) is 4.79 Å². The highest BCUT2D eigenvalue weighted by Gasteiger charge is 2.13. The van der Waals surface area contributed by atoms with E-state index in [-0.39, 0.29) is 5.91 Å². The fourth-order valence-corrected chi connectivity index (χ4v) is 3.25. The third kappa shape index (κ3) is 4.67. The maximum absolute atomic E-state index is 11.6. The molecular formula is C22H27N3O2. The number of carbonyl (C=O) groups excluding carboxylic acids is 1. The Balaban J connectivity index is 1.70. The molecule has 2 aromatic carbocycles. The molecule has 0 fully saturated rings. The van der Waals surface area contributed by atoms with E-state index < -0.39 is 0 Å². The van der Waals surface area contributed by atoms with Crippen LogP contribution in [0, 0.1) is 13.8 Å². The molecule has 3 rings (SSSR count). The van der Waals surface area contributed by atoms with Crippen molar-refractivity contribution in [3.63, 3.8) is 0 Å². The molecule has 0 aliphatic carbocycles. The number of benzene rings is 2. The van der Waals surface area contributed by atoms with Crippen LogP contribution in [-0.4, -0.2) is 34.0 Å². The minimum absolute atomic E-state index is 0.0340. The molecule has 0 aliphatic rings. The number of carbonyl (C=O) groups is 1. The minimum Gasteiger partial charge on any atom is -0.494 e. The third-order valence-corrected chi connectivity index (χ3v) is 4.64. The molecule has 0 saturated carbocycles. The normalized spacial score (nSPS) is 11.0. The zero-order chi connectivity index (χ0) is 19.4. The lowest BCUT2D eigenvalue weighted by Crippen LogP contribution is -2.25. The first kappa shape index (κ1) is 19.0. The van der Waals surface area contributed by atoms with Gasteiger partial charge in [-0.05, 0) is 55.7 Å². The van der Waals surface area contributed by atoms with E-state index in [0.29, 0.717) is 13.2 Å². The summed E-state index contributed by atoms with van der Waals surface area (Å²) >= 11 is 0. The van der Waals surface area contributed by atoms with Crippen LogP contribution in [0.2, 0.25) is 0 Å². The summed E-state index contributed by atoms with van der Waals surface area (Å²) < 4.78 is 8.13. The van der Waals surface area contributed by atoms with Crippen LogP contribution in [0.1, 0.15) is 30.3 Å². The van der Waals surface area contributed by atoms with Crippen LogP contribution in [0.4, 0.5) is 0 Å². The second-order valence-electron chi connectivity index (χ2n) is 7.07. The SMILES string of the molecule is CC(=O)N(C)Cc1nc2ccccc2n1CCCOc1cc(C)cc(C)c1. The maximum atomic E-state index is 11.6. The van der Waals surface area contributed by atoms with Gasteiger partial charge in [0.2, 0.25) is 5.91 Å². The lowest BCUT2D eigenvalue weighted by atomic mass is 10.1. The molecule has 0 N–H and O–H groups in total. The van der Waals surface area contributed by atoms with E-state index in [1.165, 1.54) is 11.1 Å². The largest absolute Gasteiger partial charge is 0.494 e. The molecule has 1 aromatic heterocycles. The van der Waals surface area contributed by atoms with Gasteiger partial charge in [0, 0.05) is 20.5 Å². The van der Waals surface area contributed by atoms with E-state index in [2.05, 4.69) is 42.7 Å². The average molecular weight is 365 g/mol. The topological polar surface area (TPSA) is 47.4 Å². The van der Waals surface area contributed by atoms with Crippen LogP contribution in [0.15, 0.2) is 42.5 Å². The molecule has 5 heteroatoms. The summed E-state index contributed by atoms with van der Waals surface area (Å²) in [5.41, 5.74) is 4.47. The molecule has 142 valence electrons. The van der Waals surface area contributed by atoms with Gasteiger partial charge >= 0.3 is 0 Å². The Morgan fingerprint density at radius 2 is 1.85 bits per heavy atom. The fourth-order valence-electron chi connectivity index (χ4n) is 3.25. The van der Waals surface area contributed by atoms with E-state index in [1.807, 2.05) is 18.2 Å². The Hall–Kier alpha value is -2.82. The van der Waals surface area contributed by atoms with E-state index in [4.69, 9.17) is 9.72 Å². The third-order valence-electron chi connectivity index (χ3n) is 4.64. The van der Waals surface area contributed by atoms with Gasteiger partial charge in [-0.1, -0.05) is 18.2 Å². The Morgan fingerprint density at radius 3 is 2.56 bits per heavy atom. The molecule has 0 radical (unpaired) electrons. The molecule has 1 heterocycles. The summed E-state index contributed by atoms with van der Waals surface area (Å²) in [7, 11) is 1.80. The van der Waals surface area contributed by atoms with E-state index in [1.54, 1.807) is 18.9 Å². The number of aryl methyl sites for hydroxylation is 3. The van der Waals surface area contributed by atoms with Crippen LogP contribution in [0.5, 0.6) is 5.75 Å². The number of rotatable bonds is 7. The van der Waals surface area contributed by atoms with Crippen LogP contribution >= 0.6 is 0 Å². The van der Waals surface area contributed by atoms with Crippen molar-refractivity contribution in [2.45, 2.75) is 40.3 Å². The molecule has 0 unspecified atom stereocenters. The Labute approximate surface area is 160 Å². The molecule has 27 heavy (non-hydrogen) atoms. The first-order valence-electron chi connectivity index (χ1n) is 9.31. The van der Waals surface area contributed by atoms with E-state index >= 15 is 0 Å². The van der Waals surface area contributed by atoms with Crippen LogP contribution in [0.3, 0.4) is 0 Å². The average Bonchev–Trinajstić information content (AvgIpc) is 2.95. The number of amides is 1. The van der Waals surface area contributed by atoms with Crippen molar-refractivity contribution >= 4 is 16.9 Å². The summed E-state index contributed by atoms with van der Waals surface area (Å²) in [5.74, 6) is 1.85. The van der Waals surface area contributed by atoms with Crippen molar-refractivity contribution in [1.82, 2.24) is 14.5 Å². The number of para-hydroxylation sites is 2. The molecule has 5 nitrogen and oxygen atoms in total. The van der Waals surface area contributed by atoms with Gasteiger partial charge in [-0.15, -0.1) is 0 Å². The number of hydrogen-bond donors (Lipinski definition) is 0. The molecule has 0 aliphatic heterocycles. The first-order valence-corrected chi connectivity index (χ1v) is 9.31. The van der Waals surface area contributed by atoms with Gasteiger partial charge < -0.3 is 14.2 Å². The van der Waals surface area contributed by atoms with Gasteiger partial charge in [-0.2, -0.15) is 0 Å². The smallest absolute Gasteiger partial charge is 0.219 e. The van der Waals surface area contributed by atoms with Crippen molar-refractivity contribution < 1.29 is 9.53 Å². The van der Waals surface area contributed by atoms with Gasteiger partial charge in [0.25, 0.3) is 0 Å². The van der Waals surface area contributed by atoms with Crippen molar-refractivity contribution in [2.75, 3.05) is 13.7 Å². The first-order chi connectivity index (χ1) is 12.9. The van der Waals surface area contributed by atoms with Crippen molar-refractivity contribution in [3.05, 3.63) is 59.4 Å². The number of nitrogens with zero attached hydrogens (tertiary/aromatic N) is 3. The maximum Gasteiger partial charge on any atom is 0.219 e. The lowest BCUT2D eigenvalue weighted by Gasteiger charge is -2.16. The van der Waals surface area contributed by atoms with Gasteiger partial charge in [0.1, 0.15) is 11.6 Å². The van der Waals surface area contributed by atoms with Crippen molar-refractivity contribution in [2.24, 2.45) is 0 Å². The van der Waals surface area contributed by atoms with Crippen LogP contribution in [-0.2, 0) is 17.9 Å². The highest BCUT2D eigenvalue weighted by atomic mass is 16.5. The Kier molecular flexibility index (Phi) is 5.79. The molecule has 3 aromatic rings. The predicted octanol–water partition coefficient (Wildman–Crippen LogP) is 4.10. The van der Waals surface area contributed by atoms with Crippen LogP contribution in [0.25, 0.3) is 11.0 Å². The number of fused-ring (bicyclic) bond motifs is 1. The Morgan fingerprint density at radius 1 is 1.15 bits per heavy atom. The quantitative estimate of drug-likeness (QED) is 0.592. The summed E-state index contributed by atoms with van der Waals surface area (Å²) in [6.07, 6.45) is 0.865. The monoisotopic (exact) mass is 365 g/mol. The molecule has 0 atom stereocenters. The molecular weight excluding hydrogens is 338 g/mol. The predicted molar refractivity (Wildman–Crippen MR) is 108 cm³/mol. The van der Waals surface area contributed by atoms with Gasteiger partial charge in [-0.3, -0.25) is 4.79 Å².